The van der Waals surface area contributed by atoms with Crippen LogP contribution in [0.4, 0.5) is 0 Å². The lowest BCUT2D eigenvalue weighted by Crippen LogP contribution is -2.37. The minimum atomic E-state index is -0.717. The van der Waals surface area contributed by atoms with Gasteiger partial charge in [-0.1, -0.05) is 30.3 Å². The van der Waals surface area contributed by atoms with Crippen LogP contribution in [-0.2, 0) is 11.2 Å². The summed E-state index contributed by atoms with van der Waals surface area (Å²) in [5.41, 5.74) is 1.35. The Kier molecular flexibility index (Phi) is 3.79. The number of likely N-dealkylation sites (tertiary alicyclic amines) is 1. The van der Waals surface area contributed by atoms with Gasteiger partial charge in [0.15, 0.2) is 0 Å². The standard InChI is InChI=1S/C14H19NO2/c1-11(14(16)17)15-8-7-13(10-15)9-12-5-3-2-4-6-12/h2-6,11,13H,7-10H2,1H3,(H,16,17)/t11-,13+/m1/s1. The molecular formula is C14H19NO2. The lowest BCUT2D eigenvalue weighted by atomic mass is 9.99. The molecule has 1 aromatic carbocycles. The number of nitrogens with zero attached hydrogens (tertiary/aromatic N) is 1. The van der Waals surface area contributed by atoms with Crippen LogP contribution in [-0.4, -0.2) is 35.1 Å². The van der Waals surface area contributed by atoms with Crippen LogP contribution in [0.3, 0.4) is 0 Å². The zero-order valence-electron chi connectivity index (χ0n) is 10.2. The van der Waals surface area contributed by atoms with Gasteiger partial charge in [-0.05, 0) is 37.8 Å². The number of carbonyl (C=O) groups is 1. The third-order valence-corrected chi connectivity index (χ3v) is 3.59. The van der Waals surface area contributed by atoms with Crippen molar-refractivity contribution in [3.8, 4) is 0 Å². The third kappa shape index (κ3) is 3.07. The van der Waals surface area contributed by atoms with Crippen LogP contribution in [0.5, 0.6) is 0 Å². The highest BCUT2D eigenvalue weighted by Crippen LogP contribution is 2.22. The molecule has 1 aliphatic rings. The molecule has 17 heavy (non-hydrogen) atoms. The van der Waals surface area contributed by atoms with Crippen molar-refractivity contribution >= 4 is 5.97 Å². The molecule has 2 atom stereocenters. The monoisotopic (exact) mass is 233 g/mol. The molecule has 1 aliphatic heterocycles. The summed E-state index contributed by atoms with van der Waals surface area (Å²) in [6.45, 7) is 3.58. The molecule has 1 fully saturated rings. The molecule has 0 amide bonds. The third-order valence-electron chi connectivity index (χ3n) is 3.59. The van der Waals surface area contributed by atoms with Crippen molar-refractivity contribution < 1.29 is 9.90 Å². The number of carboxylic acid groups (broad SMARTS) is 1. The van der Waals surface area contributed by atoms with E-state index in [1.165, 1.54) is 5.56 Å². The summed E-state index contributed by atoms with van der Waals surface area (Å²) in [5.74, 6) is -0.121. The van der Waals surface area contributed by atoms with E-state index in [2.05, 4.69) is 29.2 Å². The van der Waals surface area contributed by atoms with E-state index in [-0.39, 0.29) is 6.04 Å². The molecular weight excluding hydrogens is 214 g/mol. The van der Waals surface area contributed by atoms with Crippen molar-refractivity contribution in [1.82, 2.24) is 4.90 Å². The first-order valence-electron chi connectivity index (χ1n) is 6.17. The molecule has 0 spiro atoms. The first kappa shape index (κ1) is 12.1. The maximum atomic E-state index is 10.9. The minimum absolute atomic E-state index is 0.351. The van der Waals surface area contributed by atoms with Gasteiger partial charge in [0.05, 0.1) is 0 Å². The summed E-state index contributed by atoms with van der Waals surface area (Å²) in [6, 6.07) is 10.1. The fourth-order valence-electron chi connectivity index (χ4n) is 2.48. The molecule has 3 nitrogen and oxygen atoms in total. The fraction of sp³-hybridized carbons (Fsp3) is 0.500. The van der Waals surface area contributed by atoms with E-state index in [0.29, 0.717) is 5.92 Å². The van der Waals surface area contributed by atoms with Crippen LogP contribution in [0.15, 0.2) is 30.3 Å². The van der Waals surface area contributed by atoms with Gasteiger partial charge in [-0.15, -0.1) is 0 Å². The van der Waals surface area contributed by atoms with Gasteiger partial charge in [0.2, 0.25) is 0 Å². The molecule has 0 saturated carbocycles. The van der Waals surface area contributed by atoms with Crippen LogP contribution in [0.25, 0.3) is 0 Å². The van der Waals surface area contributed by atoms with Gasteiger partial charge in [-0.3, -0.25) is 9.69 Å². The van der Waals surface area contributed by atoms with Gasteiger partial charge in [-0.2, -0.15) is 0 Å². The molecule has 3 heteroatoms. The van der Waals surface area contributed by atoms with E-state index < -0.39 is 5.97 Å². The normalized spacial score (nSPS) is 22.5. The van der Waals surface area contributed by atoms with Crippen molar-refractivity contribution in [2.45, 2.75) is 25.8 Å². The molecule has 0 unspecified atom stereocenters. The van der Waals surface area contributed by atoms with Gasteiger partial charge in [0.25, 0.3) is 0 Å². The minimum Gasteiger partial charge on any atom is -0.480 e. The molecule has 1 heterocycles. The van der Waals surface area contributed by atoms with E-state index in [9.17, 15) is 4.79 Å². The van der Waals surface area contributed by atoms with Gasteiger partial charge in [0.1, 0.15) is 6.04 Å². The largest absolute Gasteiger partial charge is 0.480 e. The van der Waals surface area contributed by atoms with Crippen LogP contribution in [0, 0.1) is 5.92 Å². The lowest BCUT2D eigenvalue weighted by Gasteiger charge is -2.20. The molecule has 1 saturated heterocycles. The SMILES string of the molecule is C[C@H](C(=O)O)N1CC[C@@H](Cc2ccccc2)C1. The molecule has 0 radical (unpaired) electrons. The number of carboxylic acids is 1. The van der Waals surface area contributed by atoms with Crippen LogP contribution in [0.1, 0.15) is 18.9 Å². The number of aliphatic carboxylic acids is 1. The Morgan fingerprint density at radius 2 is 2.18 bits per heavy atom. The highest BCUT2D eigenvalue weighted by molar-refractivity contribution is 5.72. The molecule has 1 N–H and O–H groups in total. The van der Waals surface area contributed by atoms with E-state index in [1.54, 1.807) is 6.92 Å². The second kappa shape index (κ2) is 5.32. The van der Waals surface area contributed by atoms with Gasteiger partial charge in [-0.25, -0.2) is 0 Å². The second-order valence-electron chi connectivity index (χ2n) is 4.85. The summed E-state index contributed by atoms with van der Waals surface area (Å²) < 4.78 is 0. The molecule has 2 rings (SSSR count). The van der Waals surface area contributed by atoms with Crippen molar-refractivity contribution in [1.29, 1.82) is 0 Å². The van der Waals surface area contributed by atoms with E-state index in [4.69, 9.17) is 5.11 Å². The van der Waals surface area contributed by atoms with Gasteiger partial charge < -0.3 is 5.11 Å². The molecule has 92 valence electrons. The Morgan fingerprint density at radius 3 is 2.82 bits per heavy atom. The van der Waals surface area contributed by atoms with Gasteiger partial charge >= 0.3 is 5.97 Å². The average molecular weight is 233 g/mol. The summed E-state index contributed by atoms with van der Waals surface area (Å²) in [5, 5.41) is 8.98. The summed E-state index contributed by atoms with van der Waals surface area (Å²) in [7, 11) is 0. The molecule has 1 aromatic rings. The lowest BCUT2D eigenvalue weighted by molar-refractivity contribution is -0.142. The van der Waals surface area contributed by atoms with Crippen LogP contribution in [0.2, 0.25) is 0 Å². The zero-order valence-corrected chi connectivity index (χ0v) is 10.2. The Hall–Kier alpha value is -1.35. The summed E-state index contributed by atoms with van der Waals surface area (Å²) in [6.07, 6.45) is 2.16. The average Bonchev–Trinajstić information content (AvgIpc) is 2.77. The topological polar surface area (TPSA) is 40.5 Å². The first-order valence-corrected chi connectivity index (χ1v) is 6.17. The number of hydrogen-bond acceptors (Lipinski definition) is 2. The summed E-state index contributed by atoms with van der Waals surface area (Å²) in [4.78, 5) is 13.0. The molecule has 0 bridgehead atoms. The Morgan fingerprint density at radius 1 is 1.47 bits per heavy atom. The van der Waals surface area contributed by atoms with Crippen LogP contribution < -0.4 is 0 Å². The van der Waals surface area contributed by atoms with Crippen molar-refractivity contribution in [3.05, 3.63) is 35.9 Å². The molecule has 0 aliphatic carbocycles. The van der Waals surface area contributed by atoms with E-state index in [1.807, 2.05) is 6.07 Å². The maximum Gasteiger partial charge on any atom is 0.320 e. The first-order chi connectivity index (χ1) is 8.16. The van der Waals surface area contributed by atoms with Crippen LogP contribution >= 0.6 is 0 Å². The Balaban J connectivity index is 1.88. The zero-order chi connectivity index (χ0) is 12.3. The number of hydrogen-bond donors (Lipinski definition) is 1. The number of rotatable bonds is 4. The Bertz CT molecular complexity index is 377. The number of benzene rings is 1. The highest BCUT2D eigenvalue weighted by Gasteiger charge is 2.29. The summed E-state index contributed by atoms with van der Waals surface area (Å²) >= 11 is 0. The van der Waals surface area contributed by atoms with Crippen molar-refractivity contribution in [3.63, 3.8) is 0 Å². The van der Waals surface area contributed by atoms with Crippen molar-refractivity contribution in [2.24, 2.45) is 5.92 Å². The van der Waals surface area contributed by atoms with E-state index >= 15 is 0 Å². The van der Waals surface area contributed by atoms with E-state index in [0.717, 1.165) is 25.9 Å². The smallest absolute Gasteiger partial charge is 0.320 e. The van der Waals surface area contributed by atoms with Gasteiger partial charge in [0, 0.05) is 6.54 Å². The predicted molar refractivity (Wildman–Crippen MR) is 66.9 cm³/mol. The maximum absolute atomic E-state index is 10.9. The fourth-order valence-corrected chi connectivity index (χ4v) is 2.48. The second-order valence-corrected chi connectivity index (χ2v) is 4.85. The highest BCUT2D eigenvalue weighted by atomic mass is 16.4. The predicted octanol–water partition coefficient (Wildman–Crippen LogP) is 2.02. The van der Waals surface area contributed by atoms with Crippen molar-refractivity contribution in [2.75, 3.05) is 13.1 Å². The quantitative estimate of drug-likeness (QED) is 0.865. The Labute approximate surface area is 102 Å². The molecule has 0 aromatic heterocycles.